The second kappa shape index (κ2) is 4.51. The van der Waals surface area contributed by atoms with Gasteiger partial charge in [0.05, 0.1) is 0 Å². The number of nitrogen functional groups attached to an aromatic ring is 1. The van der Waals surface area contributed by atoms with Gasteiger partial charge in [0.15, 0.2) is 17.0 Å². The molecule has 0 bridgehead atoms. The van der Waals surface area contributed by atoms with E-state index in [1.54, 1.807) is 0 Å². The van der Waals surface area contributed by atoms with Gasteiger partial charge in [-0.25, -0.2) is 4.98 Å². The molecule has 0 aliphatic rings. The van der Waals surface area contributed by atoms with Crippen LogP contribution in [0, 0.1) is 0 Å². The zero-order chi connectivity index (χ0) is 13.4. The number of fused-ring (bicyclic) bond motifs is 1. The fourth-order valence-corrected chi connectivity index (χ4v) is 2.25. The van der Waals surface area contributed by atoms with Gasteiger partial charge in [-0.3, -0.25) is 4.57 Å². The van der Waals surface area contributed by atoms with E-state index < -0.39 is 0 Å². The maximum atomic E-state index is 5.89. The van der Waals surface area contributed by atoms with Crippen LogP contribution in [0.5, 0.6) is 0 Å². The number of rotatable bonds is 2. The molecule has 2 aromatic heterocycles. The Kier molecular flexibility index (Phi) is 2.83. The first kappa shape index (κ1) is 11.9. The van der Waals surface area contributed by atoms with Crippen LogP contribution in [0.2, 0.25) is 5.28 Å². The predicted molar refractivity (Wildman–Crippen MR) is 75.5 cm³/mol. The van der Waals surface area contributed by atoms with Crippen molar-refractivity contribution in [3.8, 4) is 5.69 Å². The number of hydrogen-bond donors (Lipinski definition) is 1. The maximum absolute atomic E-state index is 5.89. The summed E-state index contributed by atoms with van der Waals surface area (Å²) in [6.07, 6.45) is 0.766. The minimum atomic E-state index is 0.129. The summed E-state index contributed by atoms with van der Waals surface area (Å²) in [5, 5.41) is 0.129. The number of nitrogens with zero attached hydrogens (tertiary/aromatic N) is 4. The highest BCUT2D eigenvalue weighted by molar-refractivity contribution is 6.28. The van der Waals surface area contributed by atoms with Crippen LogP contribution in [-0.4, -0.2) is 19.5 Å². The largest absolute Gasteiger partial charge is 0.382 e. The molecular weight excluding hydrogens is 262 g/mol. The molecule has 96 valence electrons. The highest BCUT2D eigenvalue weighted by Gasteiger charge is 2.16. The molecule has 0 aliphatic carbocycles. The molecule has 0 saturated carbocycles. The molecule has 0 atom stereocenters. The van der Waals surface area contributed by atoms with E-state index >= 15 is 0 Å². The van der Waals surface area contributed by atoms with E-state index in [1.807, 2.05) is 41.8 Å². The van der Waals surface area contributed by atoms with Crippen LogP contribution in [-0.2, 0) is 6.42 Å². The molecule has 3 rings (SSSR count). The Morgan fingerprint density at radius 1 is 1.16 bits per heavy atom. The van der Waals surface area contributed by atoms with Gasteiger partial charge in [-0.2, -0.15) is 9.97 Å². The van der Waals surface area contributed by atoms with Crippen molar-refractivity contribution < 1.29 is 0 Å². The summed E-state index contributed by atoms with van der Waals surface area (Å²) in [5.74, 6) is 1.18. The fraction of sp³-hybridized carbons (Fsp3) is 0.154. The molecule has 19 heavy (non-hydrogen) atoms. The van der Waals surface area contributed by atoms with Gasteiger partial charge in [-0.1, -0.05) is 25.1 Å². The molecule has 5 nitrogen and oxygen atoms in total. The highest BCUT2D eigenvalue weighted by Crippen LogP contribution is 2.24. The third-order valence-electron chi connectivity index (χ3n) is 2.91. The van der Waals surface area contributed by atoms with Crippen LogP contribution in [0.25, 0.3) is 16.9 Å². The standard InChI is InChI=1S/C13H12ClN5/c1-2-9-16-10-11(15)17-13(14)18-12(10)19(9)8-6-4-3-5-7-8/h3-7H,2H2,1H3,(H2,15,17,18). The first-order valence-corrected chi connectivity index (χ1v) is 6.34. The summed E-state index contributed by atoms with van der Waals surface area (Å²) in [5.41, 5.74) is 8.07. The molecule has 0 unspecified atom stereocenters. The first-order chi connectivity index (χ1) is 9.20. The number of aromatic nitrogens is 4. The summed E-state index contributed by atoms with van der Waals surface area (Å²) >= 11 is 5.89. The topological polar surface area (TPSA) is 69.6 Å². The molecule has 0 saturated heterocycles. The predicted octanol–water partition coefficient (Wildman–Crippen LogP) is 2.61. The van der Waals surface area contributed by atoms with Gasteiger partial charge in [-0.15, -0.1) is 0 Å². The monoisotopic (exact) mass is 273 g/mol. The summed E-state index contributed by atoms with van der Waals surface area (Å²) in [4.78, 5) is 12.7. The van der Waals surface area contributed by atoms with E-state index in [0.717, 1.165) is 17.9 Å². The van der Waals surface area contributed by atoms with Crippen LogP contribution in [0.15, 0.2) is 30.3 Å². The van der Waals surface area contributed by atoms with E-state index in [1.165, 1.54) is 0 Å². The molecular formula is C13H12ClN5. The van der Waals surface area contributed by atoms with Crippen molar-refractivity contribution in [1.29, 1.82) is 0 Å². The van der Waals surface area contributed by atoms with E-state index in [4.69, 9.17) is 17.3 Å². The summed E-state index contributed by atoms with van der Waals surface area (Å²) in [6.45, 7) is 2.03. The van der Waals surface area contributed by atoms with Gasteiger partial charge >= 0.3 is 0 Å². The second-order valence-corrected chi connectivity index (χ2v) is 4.44. The van der Waals surface area contributed by atoms with Gasteiger partial charge in [0.2, 0.25) is 5.28 Å². The summed E-state index contributed by atoms with van der Waals surface area (Å²) < 4.78 is 1.96. The molecule has 2 heterocycles. The second-order valence-electron chi connectivity index (χ2n) is 4.10. The van der Waals surface area contributed by atoms with Crippen molar-refractivity contribution >= 4 is 28.6 Å². The van der Waals surface area contributed by atoms with E-state index in [2.05, 4.69) is 15.0 Å². The minimum Gasteiger partial charge on any atom is -0.382 e. The smallest absolute Gasteiger partial charge is 0.226 e. The molecule has 1 aromatic carbocycles. The van der Waals surface area contributed by atoms with Crippen molar-refractivity contribution in [2.45, 2.75) is 13.3 Å². The quantitative estimate of drug-likeness (QED) is 0.729. The highest BCUT2D eigenvalue weighted by atomic mass is 35.5. The number of para-hydroxylation sites is 1. The maximum Gasteiger partial charge on any atom is 0.226 e. The average molecular weight is 274 g/mol. The Morgan fingerprint density at radius 3 is 2.58 bits per heavy atom. The molecule has 0 radical (unpaired) electrons. The third-order valence-corrected chi connectivity index (χ3v) is 3.08. The van der Waals surface area contributed by atoms with Gasteiger partial charge in [0.25, 0.3) is 0 Å². The van der Waals surface area contributed by atoms with Gasteiger partial charge in [0.1, 0.15) is 5.82 Å². The van der Waals surface area contributed by atoms with Crippen molar-refractivity contribution in [2.75, 3.05) is 5.73 Å². The number of aryl methyl sites for hydroxylation is 1. The van der Waals surface area contributed by atoms with Crippen LogP contribution < -0.4 is 5.73 Å². The lowest BCUT2D eigenvalue weighted by molar-refractivity contribution is 0.901. The molecule has 2 N–H and O–H groups in total. The van der Waals surface area contributed by atoms with Crippen LogP contribution >= 0.6 is 11.6 Å². The van der Waals surface area contributed by atoms with Crippen LogP contribution in [0.4, 0.5) is 5.82 Å². The van der Waals surface area contributed by atoms with Crippen LogP contribution in [0.3, 0.4) is 0 Å². The Morgan fingerprint density at radius 2 is 1.89 bits per heavy atom. The average Bonchev–Trinajstić information content (AvgIpc) is 2.78. The number of halogens is 1. The lowest BCUT2D eigenvalue weighted by Crippen LogP contribution is -2.01. The molecule has 3 aromatic rings. The first-order valence-electron chi connectivity index (χ1n) is 5.96. The third kappa shape index (κ3) is 1.92. The Bertz CT molecular complexity index is 736. The number of benzene rings is 1. The van der Waals surface area contributed by atoms with Crippen molar-refractivity contribution in [3.63, 3.8) is 0 Å². The number of hydrogen-bond acceptors (Lipinski definition) is 4. The minimum absolute atomic E-state index is 0.129. The van der Waals surface area contributed by atoms with E-state index in [9.17, 15) is 0 Å². The van der Waals surface area contributed by atoms with Gasteiger partial charge < -0.3 is 5.73 Å². The SMILES string of the molecule is CCc1nc2c(N)nc(Cl)nc2n1-c1ccccc1. The van der Waals surface area contributed by atoms with E-state index in [-0.39, 0.29) is 5.28 Å². The number of imidazole rings is 1. The fourth-order valence-electron chi connectivity index (χ4n) is 2.08. The van der Waals surface area contributed by atoms with Gasteiger partial charge in [0, 0.05) is 12.1 Å². The normalized spacial score (nSPS) is 11.1. The van der Waals surface area contributed by atoms with Gasteiger partial charge in [-0.05, 0) is 23.7 Å². The molecule has 0 amide bonds. The zero-order valence-corrected chi connectivity index (χ0v) is 11.1. The number of anilines is 1. The zero-order valence-electron chi connectivity index (χ0n) is 10.3. The summed E-state index contributed by atoms with van der Waals surface area (Å²) in [7, 11) is 0. The van der Waals surface area contributed by atoms with Crippen LogP contribution in [0.1, 0.15) is 12.7 Å². The molecule has 0 aliphatic heterocycles. The molecule has 6 heteroatoms. The lowest BCUT2D eigenvalue weighted by Gasteiger charge is -2.07. The lowest BCUT2D eigenvalue weighted by atomic mass is 10.3. The van der Waals surface area contributed by atoms with Crippen molar-refractivity contribution in [1.82, 2.24) is 19.5 Å². The molecule has 0 fully saturated rings. The van der Waals surface area contributed by atoms with Crippen molar-refractivity contribution in [3.05, 3.63) is 41.4 Å². The Balaban J connectivity index is 2.39. The van der Waals surface area contributed by atoms with Crippen molar-refractivity contribution in [2.24, 2.45) is 0 Å². The van der Waals surface area contributed by atoms with E-state index in [0.29, 0.717) is 17.0 Å². The number of nitrogens with two attached hydrogens (primary N) is 1. The summed E-state index contributed by atoms with van der Waals surface area (Å²) in [6, 6.07) is 9.88. The Labute approximate surface area is 115 Å². The molecule has 0 spiro atoms. The Hall–Kier alpha value is -2.14.